The molecule has 0 fully saturated rings. The second-order valence-corrected chi connectivity index (χ2v) is 5.40. The Morgan fingerprint density at radius 3 is 2.32 bits per heavy atom. The minimum atomic E-state index is -0.189. The molecule has 1 aliphatic rings. The molecule has 4 heteroatoms. The lowest BCUT2D eigenvalue weighted by Gasteiger charge is -2.13. The van der Waals surface area contributed by atoms with E-state index in [1.54, 1.807) is 42.5 Å². The van der Waals surface area contributed by atoms with Gasteiger partial charge in [0, 0.05) is 27.6 Å². The van der Waals surface area contributed by atoms with Crippen LogP contribution >= 0.6 is 0 Å². The molecule has 0 unspecified atom stereocenters. The number of hydrogen-bond acceptors (Lipinski definition) is 3. The van der Waals surface area contributed by atoms with Crippen LogP contribution in [0.2, 0.25) is 0 Å². The van der Waals surface area contributed by atoms with Crippen molar-refractivity contribution in [2.45, 2.75) is 6.92 Å². The number of aromatic amines is 1. The van der Waals surface area contributed by atoms with E-state index >= 15 is 0 Å². The first-order valence-electron chi connectivity index (χ1n) is 6.93. The fourth-order valence-electron chi connectivity index (χ4n) is 2.97. The highest BCUT2D eigenvalue weighted by Gasteiger charge is 2.32. The number of H-pyrrole nitrogens is 1. The van der Waals surface area contributed by atoms with Gasteiger partial charge in [0.2, 0.25) is 5.78 Å². The van der Waals surface area contributed by atoms with Gasteiger partial charge >= 0.3 is 0 Å². The number of nitrogens with one attached hydrogen (secondary N) is 1. The number of rotatable bonds is 1. The number of benzene rings is 2. The maximum Gasteiger partial charge on any atom is 0.210 e. The first-order chi connectivity index (χ1) is 10.6. The van der Waals surface area contributed by atoms with E-state index in [4.69, 9.17) is 0 Å². The predicted molar refractivity (Wildman–Crippen MR) is 81.6 cm³/mol. The van der Waals surface area contributed by atoms with Crippen LogP contribution in [-0.2, 0) is 0 Å². The van der Waals surface area contributed by atoms with Gasteiger partial charge in [-0.2, -0.15) is 0 Å². The lowest BCUT2D eigenvalue weighted by molar-refractivity contribution is 0.0978. The van der Waals surface area contributed by atoms with Crippen molar-refractivity contribution < 1.29 is 14.4 Å². The standard InChI is InChI=1S/C18H11NO3/c1-9(20)10-6-7-14-13(8-10)15-16(19-14)18(22)12-5-3-2-4-11(12)17(15)21/h2-8,19H,1H3. The third kappa shape index (κ3) is 1.55. The van der Waals surface area contributed by atoms with Crippen LogP contribution in [0.4, 0.5) is 0 Å². The molecule has 22 heavy (non-hydrogen) atoms. The number of fused-ring (bicyclic) bond motifs is 4. The number of carbonyl (C=O) groups is 3. The molecular weight excluding hydrogens is 278 g/mol. The molecule has 4 rings (SSSR count). The average Bonchev–Trinajstić information content (AvgIpc) is 2.91. The summed E-state index contributed by atoms with van der Waals surface area (Å²) in [4.78, 5) is 39.9. The van der Waals surface area contributed by atoms with Crippen LogP contribution in [-0.4, -0.2) is 22.3 Å². The molecule has 4 nitrogen and oxygen atoms in total. The van der Waals surface area contributed by atoms with Gasteiger partial charge in [-0.1, -0.05) is 24.3 Å². The molecule has 3 aromatic rings. The lowest BCUT2D eigenvalue weighted by atomic mass is 9.87. The Bertz CT molecular complexity index is 995. The fraction of sp³-hybridized carbons (Fsp3) is 0.0556. The molecule has 0 atom stereocenters. The van der Waals surface area contributed by atoms with E-state index in [1.165, 1.54) is 6.92 Å². The summed E-state index contributed by atoms with van der Waals surface area (Å²) in [5.41, 5.74) is 2.70. The zero-order valence-corrected chi connectivity index (χ0v) is 11.8. The maximum atomic E-state index is 12.8. The SMILES string of the molecule is CC(=O)c1ccc2[nH]c3c(c2c1)C(=O)c1ccccc1C3=O. The topological polar surface area (TPSA) is 67.0 Å². The predicted octanol–water partition coefficient (Wildman–Crippen LogP) is 3.15. The molecule has 0 bridgehead atoms. The molecule has 0 radical (unpaired) electrons. The number of aromatic nitrogens is 1. The summed E-state index contributed by atoms with van der Waals surface area (Å²) < 4.78 is 0. The molecule has 1 heterocycles. The van der Waals surface area contributed by atoms with Gasteiger partial charge in [0.1, 0.15) is 0 Å². The second kappa shape index (κ2) is 4.24. The van der Waals surface area contributed by atoms with Crippen molar-refractivity contribution in [1.82, 2.24) is 4.98 Å². The van der Waals surface area contributed by atoms with Crippen LogP contribution < -0.4 is 0 Å². The molecule has 1 aromatic heterocycles. The van der Waals surface area contributed by atoms with E-state index < -0.39 is 0 Å². The highest BCUT2D eigenvalue weighted by atomic mass is 16.1. The van der Waals surface area contributed by atoms with Gasteiger partial charge in [0.05, 0.1) is 11.3 Å². The molecule has 1 aliphatic carbocycles. The van der Waals surface area contributed by atoms with E-state index in [9.17, 15) is 14.4 Å². The van der Waals surface area contributed by atoms with Crippen LogP contribution in [0.15, 0.2) is 42.5 Å². The first kappa shape index (κ1) is 12.7. The number of hydrogen-bond donors (Lipinski definition) is 1. The quantitative estimate of drug-likeness (QED) is 0.547. The summed E-state index contributed by atoms with van der Waals surface area (Å²) in [6.07, 6.45) is 0. The summed E-state index contributed by atoms with van der Waals surface area (Å²) in [5.74, 6) is -0.449. The molecule has 0 saturated carbocycles. The van der Waals surface area contributed by atoms with Gasteiger partial charge in [0.15, 0.2) is 11.6 Å². The molecule has 0 saturated heterocycles. The number of carbonyl (C=O) groups excluding carboxylic acids is 3. The highest BCUT2D eigenvalue weighted by Crippen LogP contribution is 2.33. The van der Waals surface area contributed by atoms with E-state index in [-0.39, 0.29) is 17.3 Å². The molecule has 2 aromatic carbocycles. The van der Waals surface area contributed by atoms with Crippen molar-refractivity contribution in [2.24, 2.45) is 0 Å². The number of ketones is 3. The summed E-state index contributed by atoms with van der Waals surface area (Å²) in [7, 11) is 0. The van der Waals surface area contributed by atoms with Crippen LogP contribution in [0.3, 0.4) is 0 Å². The minimum absolute atomic E-state index is 0.0770. The van der Waals surface area contributed by atoms with Crippen molar-refractivity contribution in [3.05, 3.63) is 70.4 Å². The Labute approximate surface area is 125 Å². The maximum absolute atomic E-state index is 12.8. The van der Waals surface area contributed by atoms with E-state index in [0.717, 1.165) is 0 Å². The molecule has 106 valence electrons. The lowest BCUT2D eigenvalue weighted by Crippen LogP contribution is -2.20. The van der Waals surface area contributed by atoms with Gasteiger partial charge in [-0.3, -0.25) is 14.4 Å². The molecule has 0 aliphatic heterocycles. The highest BCUT2D eigenvalue weighted by molar-refractivity contribution is 6.32. The van der Waals surface area contributed by atoms with E-state index in [0.29, 0.717) is 38.9 Å². The summed E-state index contributed by atoms with van der Waals surface area (Å²) in [6.45, 7) is 1.47. The Balaban J connectivity index is 2.07. The normalized spacial score (nSPS) is 13.1. The van der Waals surface area contributed by atoms with Crippen molar-refractivity contribution in [2.75, 3.05) is 0 Å². The number of Topliss-reactive ketones (excluding diaryl/α,β-unsaturated/α-hetero) is 1. The zero-order chi connectivity index (χ0) is 15.4. The molecule has 1 N–H and O–H groups in total. The van der Waals surface area contributed by atoms with Crippen LogP contribution in [0.5, 0.6) is 0 Å². The third-order valence-corrected chi connectivity index (χ3v) is 4.08. The second-order valence-electron chi connectivity index (χ2n) is 5.40. The monoisotopic (exact) mass is 289 g/mol. The minimum Gasteiger partial charge on any atom is -0.351 e. The fourth-order valence-corrected chi connectivity index (χ4v) is 2.97. The van der Waals surface area contributed by atoms with Crippen molar-refractivity contribution >= 4 is 28.3 Å². The Hall–Kier alpha value is -3.01. The molecule has 0 amide bonds. The van der Waals surface area contributed by atoms with Crippen LogP contribution in [0, 0.1) is 0 Å². The molecule has 0 spiro atoms. The zero-order valence-electron chi connectivity index (χ0n) is 11.8. The third-order valence-electron chi connectivity index (χ3n) is 4.08. The Kier molecular flexibility index (Phi) is 2.45. The van der Waals surface area contributed by atoms with Crippen LogP contribution in [0.25, 0.3) is 10.9 Å². The van der Waals surface area contributed by atoms with Gasteiger partial charge in [-0.15, -0.1) is 0 Å². The van der Waals surface area contributed by atoms with Gasteiger partial charge in [-0.05, 0) is 25.1 Å². The van der Waals surface area contributed by atoms with Gasteiger partial charge < -0.3 is 4.98 Å². The summed E-state index contributed by atoms with van der Waals surface area (Å²) in [5, 5.41) is 0.621. The van der Waals surface area contributed by atoms with E-state index in [1.807, 2.05) is 0 Å². The van der Waals surface area contributed by atoms with Crippen LogP contribution in [0.1, 0.15) is 49.3 Å². The Morgan fingerprint density at radius 1 is 0.955 bits per heavy atom. The van der Waals surface area contributed by atoms with Crippen molar-refractivity contribution in [3.8, 4) is 0 Å². The van der Waals surface area contributed by atoms with Crippen molar-refractivity contribution in [1.29, 1.82) is 0 Å². The van der Waals surface area contributed by atoms with Gasteiger partial charge in [0.25, 0.3) is 0 Å². The van der Waals surface area contributed by atoms with E-state index in [2.05, 4.69) is 4.98 Å². The smallest absolute Gasteiger partial charge is 0.210 e. The first-order valence-corrected chi connectivity index (χ1v) is 6.93. The Morgan fingerprint density at radius 2 is 1.64 bits per heavy atom. The summed E-state index contributed by atoms with van der Waals surface area (Å²) >= 11 is 0. The van der Waals surface area contributed by atoms with Gasteiger partial charge in [-0.25, -0.2) is 0 Å². The molecular formula is C18H11NO3. The largest absolute Gasteiger partial charge is 0.351 e. The van der Waals surface area contributed by atoms with Crippen molar-refractivity contribution in [3.63, 3.8) is 0 Å². The average molecular weight is 289 g/mol. The summed E-state index contributed by atoms with van der Waals surface area (Å²) in [6, 6.07) is 11.9.